The molecule has 0 aliphatic carbocycles. The van der Waals surface area contributed by atoms with Crippen LogP contribution >= 0.6 is 11.3 Å². The second kappa shape index (κ2) is 8.87. The largest absolute Gasteiger partial charge is 0.487 e. The third-order valence-corrected chi connectivity index (χ3v) is 5.31. The summed E-state index contributed by atoms with van der Waals surface area (Å²) in [5.41, 5.74) is 4.51. The van der Waals surface area contributed by atoms with Crippen LogP contribution in [0.4, 0.5) is 5.69 Å². The molecule has 2 aromatic carbocycles. The van der Waals surface area contributed by atoms with E-state index >= 15 is 0 Å². The Morgan fingerprint density at radius 2 is 1.87 bits per heavy atom. The summed E-state index contributed by atoms with van der Waals surface area (Å²) in [6, 6.07) is 14.0. The van der Waals surface area contributed by atoms with Crippen molar-refractivity contribution in [3.8, 4) is 5.75 Å². The van der Waals surface area contributed by atoms with Gasteiger partial charge in [0.15, 0.2) is 0 Å². The van der Waals surface area contributed by atoms with E-state index in [0.717, 1.165) is 11.3 Å². The van der Waals surface area contributed by atoms with Crippen LogP contribution in [0.2, 0.25) is 0 Å². The number of anilines is 1. The van der Waals surface area contributed by atoms with Crippen molar-refractivity contribution in [1.29, 1.82) is 0 Å². The van der Waals surface area contributed by atoms with Gasteiger partial charge in [-0.1, -0.05) is 18.2 Å². The van der Waals surface area contributed by atoms with E-state index in [1.807, 2.05) is 5.38 Å². The zero-order valence-corrected chi connectivity index (χ0v) is 16.9. The molecule has 0 atom stereocenters. The van der Waals surface area contributed by atoms with Crippen LogP contribution in [0.3, 0.4) is 0 Å². The molecule has 1 saturated heterocycles. The number of imide groups is 1. The lowest BCUT2D eigenvalue weighted by molar-refractivity contribution is -0.139. The summed E-state index contributed by atoms with van der Waals surface area (Å²) in [7, 11) is 0. The van der Waals surface area contributed by atoms with Gasteiger partial charge in [-0.2, -0.15) is 0 Å². The number of thiazole rings is 1. The standard InChI is InChI=1S/C22H19N3O4S/c26-20-8-9-21(27)25(20)11-15-4-6-17(7-5-15)24-22(28)16-2-1-3-19(10-16)29-12-18-13-30-14-23-18/h1-7,10,13-14H,8-9,11-12H2,(H,24,28). The number of hydrogen-bond acceptors (Lipinski definition) is 6. The van der Waals surface area contributed by atoms with Gasteiger partial charge in [0.2, 0.25) is 11.8 Å². The molecule has 0 radical (unpaired) electrons. The molecule has 1 aliphatic rings. The van der Waals surface area contributed by atoms with E-state index in [1.165, 1.54) is 16.2 Å². The van der Waals surface area contributed by atoms with Gasteiger partial charge in [0.05, 0.1) is 17.7 Å². The van der Waals surface area contributed by atoms with Crippen molar-refractivity contribution < 1.29 is 19.1 Å². The van der Waals surface area contributed by atoms with E-state index in [4.69, 9.17) is 4.74 Å². The number of amides is 3. The molecule has 0 unspecified atom stereocenters. The third-order valence-electron chi connectivity index (χ3n) is 4.67. The van der Waals surface area contributed by atoms with Gasteiger partial charge >= 0.3 is 0 Å². The van der Waals surface area contributed by atoms with Gasteiger partial charge in [0.1, 0.15) is 12.4 Å². The first kappa shape index (κ1) is 19.8. The Morgan fingerprint density at radius 3 is 2.57 bits per heavy atom. The summed E-state index contributed by atoms with van der Waals surface area (Å²) < 4.78 is 5.69. The van der Waals surface area contributed by atoms with E-state index in [9.17, 15) is 14.4 Å². The van der Waals surface area contributed by atoms with Crippen LogP contribution in [-0.2, 0) is 22.7 Å². The third kappa shape index (κ3) is 4.72. The first-order chi connectivity index (χ1) is 14.6. The Labute approximate surface area is 177 Å². The molecule has 7 nitrogen and oxygen atoms in total. The number of carbonyl (C=O) groups is 3. The second-order valence-corrected chi connectivity index (χ2v) is 7.54. The van der Waals surface area contributed by atoms with Crippen molar-refractivity contribution in [2.75, 3.05) is 5.32 Å². The van der Waals surface area contributed by atoms with Crippen molar-refractivity contribution >= 4 is 34.7 Å². The van der Waals surface area contributed by atoms with Crippen molar-refractivity contribution in [2.24, 2.45) is 0 Å². The van der Waals surface area contributed by atoms with E-state index in [2.05, 4.69) is 10.3 Å². The van der Waals surface area contributed by atoms with Crippen LogP contribution in [0.15, 0.2) is 59.4 Å². The molecule has 8 heteroatoms. The smallest absolute Gasteiger partial charge is 0.255 e. The second-order valence-electron chi connectivity index (χ2n) is 6.82. The predicted octanol–water partition coefficient (Wildman–Crippen LogP) is 3.62. The van der Waals surface area contributed by atoms with Crippen LogP contribution in [-0.4, -0.2) is 27.6 Å². The van der Waals surface area contributed by atoms with E-state index < -0.39 is 0 Å². The monoisotopic (exact) mass is 421 g/mol. The van der Waals surface area contributed by atoms with Crippen molar-refractivity contribution in [1.82, 2.24) is 9.88 Å². The van der Waals surface area contributed by atoms with Crippen molar-refractivity contribution in [3.63, 3.8) is 0 Å². The van der Waals surface area contributed by atoms with Gasteiger partial charge in [-0.3, -0.25) is 19.3 Å². The predicted molar refractivity (Wildman–Crippen MR) is 112 cm³/mol. The minimum absolute atomic E-state index is 0.144. The van der Waals surface area contributed by atoms with Crippen LogP contribution in [0.25, 0.3) is 0 Å². The number of ether oxygens (including phenoxy) is 1. The number of likely N-dealkylation sites (tertiary alicyclic amines) is 1. The average Bonchev–Trinajstić information content (AvgIpc) is 3.39. The molecular weight excluding hydrogens is 402 g/mol. The number of aromatic nitrogens is 1. The minimum atomic E-state index is -0.258. The fraction of sp³-hybridized carbons (Fsp3) is 0.182. The van der Waals surface area contributed by atoms with Gasteiger partial charge in [0, 0.05) is 29.5 Å². The number of benzene rings is 2. The Kier molecular flexibility index (Phi) is 5.85. The number of nitrogens with zero attached hydrogens (tertiary/aromatic N) is 2. The lowest BCUT2D eigenvalue weighted by atomic mass is 10.1. The molecule has 1 fully saturated rings. The Balaban J connectivity index is 1.36. The SMILES string of the molecule is O=C(Nc1ccc(CN2C(=O)CCC2=O)cc1)c1cccc(OCc2cscn2)c1. The van der Waals surface area contributed by atoms with Crippen LogP contribution in [0, 0.1) is 0 Å². The number of carbonyl (C=O) groups excluding carboxylic acids is 3. The van der Waals surface area contributed by atoms with Gasteiger partial charge in [-0.05, 0) is 35.9 Å². The van der Waals surface area contributed by atoms with Crippen molar-refractivity contribution in [3.05, 3.63) is 76.2 Å². The Morgan fingerprint density at radius 1 is 1.10 bits per heavy atom. The number of nitrogens with one attached hydrogen (secondary N) is 1. The summed E-state index contributed by atoms with van der Waals surface area (Å²) in [6.07, 6.45) is 0.555. The fourth-order valence-electron chi connectivity index (χ4n) is 3.07. The first-order valence-electron chi connectivity index (χ1n) is 9.42. The quantitative estimate of drug-likeness (QED) is 0.589. The molecule has 1 aromatic heterocycles. The topological polar surface area (TPSA) is 88.6 Å². The average molecular weight is 421 g/mol. The maximum atomic E-state index is 12.6. The highest BCUT2D eigenvalue weighted by Crippen LogP contribution is 2.19. The van der Waals surface area contributed by atoms with E-state index in [-0.39, 0.29) is 37.1 Å². The lowest BCUT2D eigenvalue weighted by Crippen LogP contribution is -2.28. The molecule has 3 aromatic rings. The Hall–Kier alpha value is -3.52. The highest BCUT2D eigenvalue weighted by atomic mass is 32.1. The molecule has 152 valence electrons. The fourth-order valence-corrected chi connectivity index (χ4v) is 3.61. The molecule has 1 aliphatic heterocycles. The summed E-state index contributed by atoms with van der Waals surface area (Å²) >= 11 is 1.50. The van der Waals surface area contributed by atoms with Crippen molar-refractivity contribution in [2.45, 2.75) is 26.0 Å². The lowest BCUT2D eigenvalue weighted by Gasteiger charge is -2.14. The molecule has 1 N–H and O–H groups in total. The highest BCUT2D eigenvalue weighted by Gasteiger charge is 2.28. The maximum absolute atomic E-state index is 12.6. The van der Waals surface area contributed by atoms with Gasteiger partial charge in [0.25, 0.3) is 5.91 Å². The van der Waals surface area contributed by atoms with Gasteiger partial charge < -0.3 is 10.1 Å². The van der Waals surface area contributed by atoms with Crippen LogP contribution in [0.1, 0.15) is 34.5 Å². The zero-order valence-electron chi connectivity index (χ0n) is 16.0. The minimum Gasteiger partial charge on any atom is -0.487 e. The molecular formula is C22H19N3O4S. The normalized spacial score (nSPS) is 13.5. The molecule has 0 spiro atoms. The van der Waals surface area contributed by atoms with Crippen LogP contribution < -0.4 is 10.1 Å². The molecule has 2 heterocycles. The zero-order chi connectivity index (χ0) is 20.9. The molecule has 4 rings (SSSR count). The summed E-state index contributed by atoms with van der Waals surface area (Å²) in [5, 5.41) is 4.75. The number of hydrogen-bond donors (Lipinski definition) is 1. The first-order valence-corrected chi connectivity index (χ1v) is 10.4. The molecule has 0 bridgehead atoms. The maximum Gasteiger partial charge on any atom is 0.255 e. The van der Waals surface area contributed by atoms with E-state index in [0.29, 0.717) is 23.6 Å². The highest BCUT2D eigenvalue weighted by molar-refractivity contribution is 7.07. The Bertz CT molecular complexity index is 1050. The van der Waals surface area contributed by atoms with Gasteiger partial charge in [-0.25, -0.2) is 4.98 Å². The number of rotatable bonds is 7. The summed E-state index contributed by atoms with van der Waals surface area (Å²) in [6.45, 7) is 0.600. The van der Waals surface area contributed by atoms with Gasteiger partial charge in [-0.15, -0.1) is 11.3 Å². The van der Waals surface area contributed by atoms with Crippen LogP contribution in [0.5, 0.6) is 5.75 Å². The molecule has 3 amide bonds. The van der Waals surface area contributed by atoms with E-state index in [1.54, 1.807) is 54.0 Å². The molecule has 30 heavy (non-hydrogen) atoms. The summed E-state index contributed by atoms with van der Waals surface area (Å²) in [5.74, 6) is 0.0428. The molecule has 0 saturated carbocycles. The summed E-state index contributed by atoms with van der Waals surface area (Å²) in [4.78, 5) is 41.5.